The van der Waals surface area contributed by atoms with Crippen molar-refractivity contribution in [3.63, 3.8) is 0 Å². The van der Waals surface area contributed by atoms with Crippen LogP contribution in [0.5, 0.6) is 5.75 Å². The number of methoxy groups -OCH3 is 1. The standard InChI is InChI=1S/C14H19BrO3/c1-3-18-12-8-14(16,9-12)7-10-6-11(15)4-5-13(10)17-2/h4-6,12,16H,3,7-9H2,1-2H3. The van der Waals surface area contributed by atoms with Crippen molar-refractivity contribution in [3.8, 4) is 5.75 Å². The molecule has 0 spiro atoms. The maximum Gasteiger partial charge on any atom is 0.122 e. The van der Waals surface area contributed by atoms with E-state index in [9.17, 15) is 5.11 Å². The maximum absolute atomic E-state index is 10.4. The van der Waals surface area contributed by atoms with E-state index in [1.54, 1.807) is 7.11 Å². The molecule has 100 valence electrons. The fraction of sp³-hybridized carbons (Fsp3) is 0.571. The molecule has 3 nitrogen and oxygen atoms in total. The van der Waals surface area contributed by atoms with Gasteiger partial charge in [-0.25, -0.2) is 0 Å². The van der Waals surface area contributed by atoms with Crippen LogP contribution in [0.3, 0.4) is 0 Å². The quantitative estimate of drug-likeness (QED) is 0.908. The summed E-state index contributed by atoms with van der Waals surface area (Å²) < 4.78 is 11.8. The molecule has 0 aliphatic heterocycles. The summed E-state index contributed by atoms with van der Waals surface area (Å²) >= 11 is 3.45. The summed E-state index contributed by atoms with van der Waals surface area (Å²) in [5, 5.41) is 10.4. The average molecular weight is 315 g/mol. The molecule has 1 saturated carbocycles. The molecular weight excluding hydrogens is 296 g/mol. The lowest BCUT2D eigenvalue weighted by Crippen LogP contribution is -2.49. The van der Waals surface area contributed by atoms with E-state index < -0.39 is 5.60 Å². The van der Waals surface area contributed by atoms with Gasteiger partial charge in [-0.2, -0.15) is 0 Å². The van der Waals surface area contributed by atoms with Crippen molar-refractivity contribution in [2.24, 2.45) is 0 Å². The van der Waals surface area contributed by atoms with Gasteiger partial charge in [-0.3, -0.25) is 0 Å². The van der Waals surface area contributed by atoms with Gasteiger partial charge < -0.3 is 14.6 Å². The summed E-state index contributed by atoms with van der Waals surface area (Å²) in [6, 6.07) is 5.86. The van der Waals surface area contributed by atoms with Crippen LogP contribution in [0.4, 0.5) is 0 Å². The van der Waals surface area contributed by atoms with E-state index in [1.165, 1.54) is 0 Å². The van der Waals surface area contributed by atoms with Crippen molar-refractivity contribution in [1.29, 1.82) is 0 Å². The SMILES string of the molecule is CCOC1CC(O)(Cc2cc(Br)ccc2OC)C1. The van der Waals surface area contributed by atoms with Crippen LogP contribution in [-0.4, -0.2) is 30.5 Å². The largest absolute Gasteiger partial charge is 0.496 e. The minimum Gasteiger partial charge on any atom is -0.496 e. The van der Waals surface area contributed by atoms with Crippen molar-refractivity contribution < 1.29 is 14.6 Å². The fourth-order valence-corrected chi connectivity index (χ4v) is 2.93. The van der Waals surface area contributed by atoms with Gasteiger partial charge in [-0.05, 0) is 30.7 Å². The van der Waals surface area contributed by atoms with Crippen molar-refractivity contribution >= 4 is 15.9 Å². The van der Waals surface area contributed by atoms with Crippen molar-refractivity contribution in [1.82, 2.24) is 0 Å². The van der Waals surface area contributed by atoms with Crippen LogP contribution < -0.4 is 4.74 Å². The molecule has 0 aromatic heterocycles. The molecule has 0 unspecified atom stereocenters. The molecule has 1 aliphatic carbocycles. The summed E-state index contributed by atoms with van der Waals surface area (Å²) in [5.74, 6) is 0.825. The van der Waals surface area contributed by atoms with Gasteiger partial charge in [0, 0.05) is 30.3 Å². The number of rotatable bonds is 5. The topological polar surface area (TPSA) is 38.7 Å². The zero-order valence-corrected chi connectivity index (χ0v) is 12.4. The Balaban J connectivity index is 2.04. The molecule has 4 heteroatoms. The predicted molar refractivity (Wildman–Crippen MR) is 74.0 cm³/mol. The molecule has 0 radical (unpaired) electrons. The van der Waals surface area contributed by atoms with Crippen LogP contribution in [0, 0.1) is 0 Å². The molecule has 1 fully saturated rings. The molecule has 1 aromatic rings. The molecule has 1 N–H and O–H groups in total. The maximum atomic E-state index is 10.4. The Morgan fingerprint density at radius 1 is 1.44 bits per heavy atom. The summed E-state index contributed by atoms with van der Waals surface area (Å²) in [5.41, 5.74) is 0.387. The Kier molecular flexibility index (Phi) is 4.30. The van der Waals surface area contributed by atoms with Gasteiger partial charge >= 0.3 is 0 Å². The Hall–Kier alpha value is -0.580. The van der Waals surface area contributed by atoms with Gasteiger partial charge in [-0.1, -0.05) is 15.9 Å². The highest BCUT2D eigenvalue weighted by Crippen LogP contribution is 2.39. The Morgan fingerprint density at radius 3 is 2.78 bits per heavy atom. The molecule has 0 amide bonds. The second kappa shape index (κ2) is 5.59. The normalized spacial score (nSPS) is 26.8. The third kappa shape index (κ3) is 3.05. The van der Waals surface area contributed by atoms with E-state index in [2.05, 4.69) is 15.9 Å². The first kappa shape index (κ1) is 13.8. The lowest BCUT2D eigenvalue weighted by Gasteiger charge is -2.43. The third-order valence-electron chi connectivity index (χ3n) is 3.38. The lowest BCUT2D eigenvalue weighted by atomic mass is 9.73. The van der Waals surface area contributed by atoms with Crippen LogP contribution in [0.1, 0.15) is 25.3 Å². The Morgan fingerprint density at radius 2 is 2.17 bits per heavy atom. The van der Waals surface area contributed by atoms with Crippen LogP contribution in [0.15, 0.2) is 22.7 Å². The number of aliphatic hydroxyl groups is 1. The number of hydrogen-bond donors (Lipinski definition) is 1. The summed E-state index contributed by atoms with van der Waals surface area (Å²) in [4.78, 5) is 0. The minimum atomic E-state index is -0.645. The van der Waals surface area contributed by atoms with Crippen LogP contribution in [0.25, 0.3) is 0 Å². The van der Waals surface area contributed by atoms with E-state index in [4.69, 9.17) is 9.47 Å². The van der Waals surface area contributed by atoms with Crippen LogP contribution in [0.2, 0.25) is 0 Å². The second-order valence-corrected chi connectivity index (χ2v) is 5.76. The number of hydrogen-bond acceptors (Lipinski definition) is 3. The fourth-order valence-electron chi connectivity index (χ4n) is 2.53. The Labute approximate surface area is 116 Å². The lowest BCUT2D eigenvalue weighted by molar-refractivity contribution is -0.136. The van der Waals surface area contributed by atoms with E-state index >= 15 is 0 Å². The van der Waals surface area contributed by atoms with Crippen molar-refractivity contribution in [3.05, 3.63) is 28.2 Å². The molecule has 1 aromatic carbocycles. The van der Waals surface area contributed by atoms with Gasteiger partial charge in [-0.15, -0.1) is 0 Å². The minimum absolute atomic E-state index is 0.207. The number of halogens is 1. The first-order chi connectivity index (χ1) is 8.56. The molecule has 0 saturated heterocycles. The van der Waals surface area contributed by atoms with Gasteiger partial charge in [0.25, 0.3) is 0 Å². The van der Waals surface area contributed by atoms with Gasteiger partial charge in [0.2, 0.25) is 0 Å². The number of benzene rings is 1. The summed E-state index contributed by atoms with van der Waals surface area (Å²) in [6.07, 6.45) is 2.23. The monoisotopic (exact) mass is 314 g/mol. The Bertz CT molecular complexity index is 414. The highest BCUT2D eigenvalue weighted by atomic mass is 79.9. The molecule has 0 heterocycles. The molecule has 0 bridgehead atoms. The summed E-state index contributed by atoms with van der Waals surface area (Å²) in [7, 11) is 1.65. The average Bonchev–Trinajstić information content (AvgIpc) is 2.27. The zero-order chi connectivity index (χ0) is 13.2. The molecule has 2 rings (SSSR count). The van der Waals surface area contributed by atoms with E-state index in [0.717, 1.165) is 15.8 Å². The van der Waals surface area contributed by atoms with E-state index in [-0.39, 0.29) is 6.10 Å². The van der Waals surface area contributed by atoms with Gasteiger partial charge in [0.05, 0.1) is 18.8 Å². The van der Waals surface area contributed by atoms with Crippen LogP contribution >= 0.6 is 15.9 Å². The zero-order valence-electron chi connectivity index (χ0n) is 10.8. The smallest absolute Gasteiger partial charge is 0.122 e. The molecule has 18 heavy (non-hydrogen) atoms. The molecule has 1 aliphatic rings. The van der Waals surface area contributed by atoms with Crippen LogP contribution in [-0.2, 0) is 11.2 Å². The predicted octanol–water partition coefficient (Wildman–Crippen LogP) is 2.93. The highest BCUT2D eigenvalue weighted by molar-refractivity contribution is 9.10. The summed E-state index contributed by atoms with van der Waals surface area (Å²) in [6.45, 7) is 2.69. The van der Waals surface area contributed by atoms with Gasteiger partial charge in [0.1, 0.15) is 5.75 Å². The molecular formula is C14H19BrO3. The van der Waals surface area contributed by atoms with Crippen molar-refractivity contribution in [2.75, 3.05) is 13.7 Å². The number of ether oxygens (including phenoxy) is 2. The van der Waals surface area contributed by atoms with Crippen molar-refractivity contribution in [2.45, 2.75) is 37.9 Å². The van der Waals surface area contributed by atoms with E-state index in [0.29, 0.717) is 25.9 Å². The first-order valence-electron chi connectivity index (χ1n) is 6.23. The molecule has 0 atom stereocenters. The van der Waals surface area contributed by atoms with E-state index in [1.807, 2.05) is 25.1 Å². The highest BCUT2D eigenvalue weighted by Gasteiger charge is 2.43. The first-order valence-corrected chi connectivity index (χ1v) is 7.02. The third-order valence-corrected chi connectivity index (χ3v) is 3.87. The second-order valence-electron chi connectivity index (χ2n) is 4.84. The van der Waals surface area contributed by atoms with Gasteiger partial charge in [0.15, 0.2) is 0 Å².